The van der Waals surface area contributed by atoms with E-state index in [4.69, 9.17) is 4.74 Å². The number of esters is 1. The fraction of sp³-hybridized carbons (Fsp3) is 0.286. The van der Waals surface area contributed by atoms with Gasteiger partial charge < -0.3 is 15.0 Å². The predicted molar refractivity (Wildman–Crippen MR) is 71.8 cm³/mol. The summed E-state index contributed by atoms with van der Waals surface area (Å²) in [5.41, 5.74) is 1.25. The maximum atomic E-state index is 12.1. The molecule has 0 saturated carbocycles. The topological polar surface area (TPSA) is 75.7 Å². The molecule has 1 aromatic rings. The molecule has 1 N–H and O–H groups in total. The first-order chi connectivity index (χ1) is 9.56. The highest BCUT2D eigenvalue weighted by molar-refractivity contribution is 6.28. The number of benzene rings is 1. The molecule has 1 aliphatic heterocycles. The Morgan fingerprint density at radius 3 is 2.70 bits per heavy atom. The summed E-state index contributed by atoms with van der Waals surface area (Å²) in [4.78, 5) is 36.8. The molecule has 0 atom stereocenters. The molecule has 0 fully saturated rings. The van der Waals surface area contributed by atoms with Crippen molar-refractivity contribution in [2.75, 3.05) is 25.1 Å². The highest BCUT2D eigenvalue weighted by atomic mass is 16.5. The van der Waals surface area contributed by atoms with Gasteiger partial charge in [0.2, 0.25) is 11.8 Å². The molecular weight excluding hydrogens is 260 g/mol. The highest BCUT2D eigenvalue weighted by Crippen LogP contribution is 2.35. The van der Waals surface area contributed by atoms with Gasteiger partial charge in [0.25, 0.3) is 0 Å². The molecule has 1 aliphatic rings. The number of likely N-dealkylation sites (N-methyl/N-ethyl adjacent to an activating group) is 1. The number of amides is 2. The first kappa shape index (κ1) is 14.0. The number of nitrogens with zero attached hydrogens (tertiary/aromatic N) is 1. The van der Waals surface area contributed by atoms with Crippen LogP contribution in [-0.2, 0) is 19.1 Å². The first-order valence-electron chi connectivity index (χ1n) is 6.24. The van der Waals surface area contributed by atoms with Crippen LogP contribution in [0.1, 0.15) is 12.5 Å². The third kappa shape index (κ3) is 2.49. The minimum atomic E-state index is -0.570. The Morgan fingerprint density at radius 1 is 1.30 bits per heavy atom. The number of para-hydroxylation sites is 1. The zero-order valence-corrected chi connectivity index (χ0v) is 11.3. The minimum absolute atomic E-state index is 0.0485. The Kier molecular flexibility index (Phi) is 4.02. The summed E-state index contributed by atoms with van der Waals surface area (Å²) in [5, 5.41) is 2.40. The summed E-state index contributed by atoms with van der Waals surface area (Å²) in [6.07, 6.45) is 0. The first-order valence-corrected chi connectivity index (χ1v) is 6.24. The molecule has 2 amide bonds. The van der Waals surface area contributed by atoms with E-state index >= 15 is 0 Å². The Balaban J connectivity index is 2.11. The molecule has 0 aliphatic carbocycles. The van der Waals surface area contributed by atoms with Crippen LogP contribution in [0.15, 0.2) is 24.3 Å². The van der Waals surface area contributed by atoms with Crippen LogP contribution >= 0.6 is 0 Å². The molecule has 6 heteroatoms. The molecular formula is C14H15N2O4. The van der Waals surface area contributed by atoms with Gasteiger partial charge >= 0.3 is 5.97 Å². The lowest BCUT2D eigenvalue weighted by molar-refractivity contribution is -0.143. The lowest BCUT2D eigenvalue weighted by Gasteiger charge is -2.10. The normalized spacial score (nSPS) is 14.1. The van der Waals surface area contributed by atoms with Crippen molar-refractivity contribution in [2.24, 2.45) is 0 Å². The van der Waals surface area contributed by atoms with E-state index in [0.717, 1.165) is 0 Å². The maximum absolute atomic E-state index is 12.1. The second-order valence-corrected chi connectivity index (χ2v) is 4.24. The standard InChI is InChI=1S/C14H15N2O4/c1-3-20-11(17)8-15-13(18)12-9-6-4-5-7-10(9)16(2)14(12)19/h4-7H,3,8H2,1-2H3,(H,15,18). The van der Waals surface area contributed by atoms with Crippen LogP contribution in [0.5, 0.6) is 0 Å². The van der Waals surface area contributed by atoms with Crippen molar-refractivity contribution in [3.8, 4) is 0 Å². The molecule has 20 heavy (non-hydrogen) atoms. The van der Waals surface area contributed by atoms with Gasteiger partial charge in [-0.3, -0.25) is 14.4 Å². The number of fused-ring (bicyclic) bond motifs is 1. The molecule has 0 spiro atoms. The Morgan fingerprint density at radius 2 is 2.00 bits per heavy atom. The third-order valence-electron chi connectivity index (χ3n) is 2.98. The van der Waals surface area contributed by atoms with Crippen LogP contribution < -0.4 is 10.2 Å². The Labute approximate surface area is 116 Å². The van der Waals surface area contributed by atoms with Gasteiger partial charge in [-0.25, -0.2) is 0 Å². The fourth-order valence-corrected chi connectivity index (χ4v) is 2.04. The fourth-order valence-electron chi connectivity index (χ4n) is 2.04. The number of carbonyl (C=O) groups is 3. The molecule has 0 saturated heterocycles. The van der Waals surface area contributed by atoms with Crippen molar-refractivity contribution >= 4 is 23.5 Å². The molecule has 2 rings (SSSR count). The maximum Gasteiger partial charge on any atom is 0.325 e. The van der Waals surface area contributed by atoms with E-state index in [1.165, 1.54) is 4.90 Å². The quantitative estimate of drug-likeness (QED) is 0.800. The van der Waals surface area contributed by atoms with Crippen LogP contribution in [0.25, 0.3) is 0 Å². The van der Waals surface area contributed by atoms with E-state index in [9.17, 15) is 14.4 Å². The van der Waals surface area contributed by atoms with E-state index < -0.39 is 11.9 Å². The van der Waals surface area contributed by atoms with Crippen molar-refractivity contribution in [3.05, 3.63) is 35.7 Å². The van der Waals surface area contributed by atoms with Crippen molar-refractivity contribution in [1.82, 2.24) is 5.32 Å². The van der Waals surface area contributed by atoms with Crippen LogP contribution in [0, 0.1) is 5.92 Å². The van der Waals surface area contributed by atoms with Gasteiger partial charge in [0, 0.05) is 18.3 Å². The number of hydrogen-bond acceptors (Lipinski definition) is 4. The molecule has 1 heterocycles. The summed E-state index contributed by atoms with van der Waals surface area (Å²) >= 11 is 0. The van der Waals surface area contributed by atoms with E-state index in [1.807, 2.05) is 0 Å². The Hall–Kier alpha value is -2.37. The van der Waals surface area contributed by atoms with Crippen LogP contribution in [0.3, 0.4) is 0 Å². The highest BCUT2D eigenvalue weighted by Gasteiger charge is 2.41. The van der Waals surface area contributed by atoms with Crippen molar-refractivity contribution in [1.29, 1.82) is 0 Å². The van der Waals surface area contributed by atoms with Gasteiger partial charge in [-0.2, -0.15) is 0 Å². The smallest absolute Gasteiger partial charge is 0.325 e. The van der Waals surface area contributed by atoms with Crippen molar-refractivity contribution < 1.29 is 19.1 Å². The summed E-state index contributed by atoms with van der Waals surface area (Å²) in [7, 11) is 1.60. The second-order valence-electron chi connectivity index (χ2n) is 4.24. The van der Waals surface area contributed by atoms with Gasteiger partial charge in [0.15, 0.2) is 5.92 Å². The summed E-state index contributed by atoms with van der Waals surface area (Å²) in [6, 6.07) is 7.01. The summed E-state index contributed by atoms with van der Waals surface area (Å²) in [6.45, 7) is 1.67. The average Bonchev–Trinajstić information content (AvgIpc) is 2.69. The molecule has 0 aromatic heterocycles. The molecule has 1 aromatic carbocycles. The van der Waals surface area contributed by atoms with Crippen LogP contribution in [0.2, 0.25) is 0 Å². The summed E-state index contributed by atoms with van der Waals surface area (Å²) in [5.74, 6) is -1.44. The molecule has 0 bridgehead atoms. The lowest BCUT2D eigenvalue weighted by Crippen LogP contribution is -2.39. The lowest BCUT2D eigenvalue weighted by atomic mass is 10.00. The number of nitrogens with one attached hydrogen (secondary N) is 1. The van der Waals surface area contributed by atoms with Gasteiger partial charge in [-0.15, -0.1) is 0 Å². The minimum Gasteiger partial charge on any atom is -0.465 e. The van der Waals surface area contributed by atoms with Crippen LogP contribution in [-0.4, -0.2) is 38.0 Å². The van der Waals surface area contributed by atoms with Gasteiger partial charge in [0.05, 0.1) is 6.61 Å². The summed E-state index contributed by atoms with van der Waals surface area (Å²) < 4.78 is 4.71. The second kappa shape index (κ2) is 5.73. The molecule has 105 valence electrons. The number of ether oxygens (including phenoxy) is 1. The van der Waals surface area contributed by atoms with Crippen molar-refractivity contribution in [2.45, 2.75) is 6.92 Å². The largest absolute Gasteiger partial charge is 0.465 e. The van der Waals surface area contributed by atoms with Crippen LogP contribution in [0.4, 0.5) is 5.69 Å². The number of carbonyl (C=O) groups excluding carboxylic acids is 3. The number of anilines is 1. The van der Waals surface area contributed by atoms with E-state index in [0.29, 0.717) is 11.3 Å². The van der Waals surface area contributed by atoms with Gasteiger partial charge in [0.1, 0.15) is 6.54 Å². The predicted octanol–water partition coefficient (Wildman–Crippen LogP) is 0.265. The zero-order chi connectivity index (χ0) is 14.7. The zero-order valence-electron chi connectivity index (χ0n) is 11.3. The monoisotopic (exact) mass is 275 g/mol. The number of rotatable bonds is 4. The molecule has 1 radical (unpaired) electrons. The Bertz CT molecular complexity index is 556. The van der Waals surface area contributed by atoms with Gasteiger partial charge in [-0.05, 0) is 13.0 Å². The molecule has 0 unspecified atom stereocenters. The third-order valence-corrected chi connectivity index (χ3v) is 2.98. The SMILES string of the molecule is CCOC(=O)CNC(=O)[C]1C(=O)N(C)c2ccccc21. The van der Waals surface area contributed by atoms with E-state index in [1.54, 1.807) is 38.2 Å². The van der Waals surface area contributed by atoms with Crippen molar-refractivity contribution in [3.63, 3.8) is 0 Å². The van der Waals surface area contributed by atoms with Gasteiger partial charge in [-0.1, -0.05) is 18.2 Å². The number of hydrogen-bond donors (Lipinski definition) is 1. The van der Waals surface area contributed by atoms with E-state index in [2.05, 4.69) is 5.32 Å². The van der Waals surface area contributed by atoms with E-state index in [-0.39, 0.29) is 25.0 Å². The molecule has 6 nitrogen and oxygen atoms in total. The average molecular weight is 275 g/mol.